The van der Waals surface area contributed by atoms with Gasteiger partial charge in [-0.1, -0.05) is 35.9 Å². The third kappa shape index (κ3) is 3.30. The first-order valence-electron chi connectivity index (χ1n) is 7.75. The van der Waals surface area contributed by atoms with Crippen LogP contribution >= 0.6 is 11.6 Å². The van der Waals surface area contributed by atoms with Crippen LogP contribution in [0.3, 0.4) is 0 Å². The molecule has 0 unspecified atom stereocenters. The monoisotopic (exact) mass is 343 g/mol. The molecule has 0 saturated heterocycles. The average Bonchev–Trinajstić information content (AvgIpc) is 2.95. The van der Waals surface area contributed by atoms with Crippen molar-refractivity contribution in [2.75, 3.05) is 11.9 Å². The van der Waals surface area contributed by atoms with E-state index in [0.29, 0.717) is 29.5 Å². The van der Waals surface area contributed by atoms with Gasteiger partial charge in [0.15, 0.2) is 5.76 Å². The van der Waals surface area contributed by atoms with Crippen LogP contribution in [0, 0.1) is 6.92 Å². The fourth-order valence-electron chi connectivity index (χ4n) is 2.54. The van der Waals surface area contributed by atoms with E-state index in [1.165, 1.54) is 0 Å². The Morgan fingerprint density at radius 2 is 2.04 bits per heavy atom. The van der Waals surface area contributed by atoms with Crippen molar-refractivity contribution in [3.05, 3.63) is 64.4 Å². The molecule has 0 bridgehead atoms. The van der Waals surface area contributed by atoms with Crippen molar-refractivity contribution < 1.29 is 13.9 Å². The number of furan rings is 1. The number of amides is 1. The van der Waals surface area contributed by atoms with E-state index in [0.717, 1.165) is 16.5 Å². The van der Waals surface area contributed by atoms with Gasteiger partial charge < -0.3 is 14.5 Å². The molecule has 3 aromatic rings. The number of rotatable bonds is 5. The van der Waals surface area contributed by atoms with Gasteiger partial charge in [0.2, 0.25) is 0 Å². The minimum absolute atomic E-state index is 0.268. The van der Waals surface area contributed by atoms with Crippen molar-refractivity contribution in [1.29, 1.82) is 0 Å². The Labute approximate surface area is 145 Å². The summed E-state index contributed by atoms with van der Waals surface area (Å²) in [5.41, 5.74) is 3.01. The maximum absolute atomic E-state index is 12.7. The normalized spacial score (nSPS) is 11.0. The summed E-state index contributed by atoms with van der Waals surface area (Å²) in [4.78, 5) is 12.7. The van der Waals surface area contributed by atoms with Crippen molar-refractivity contribution in [2.24, 2.45) is 0 Å². The smallest absolute Gasteiger partial charge is 0.291 e. The third-order valence-electron chi connectivity index (χ3n) is 3.80. The number of hydrogen-bond acceptors (Lipinski definition) is 3. The number of anilines is 1. The summed E-state index contributed by atoms with van der Waals surface area (Å²) >= 11 is 6.02. The minimum Gasteiger partial charge on any atom is -0.451 e. The van der Waals surface area contributed by atoms with Crippen LogP contribution in [0.5, 0.6) is 0 Å². The molecule has 1 N–H and O–H groups in total. The fourth-order valence-corrected chi connectivity index (χ4v) is 2.71. The summed E-state index contributed by atoms with van der Waals surface area (Å²) < 4.78 is 11.3. The van der Waals surface area contributed by atoms with Gasteiger partial charge in [-0.3, -0.25) is 4.79 Å². The van der Waals surface area contributed by atoms with Crippen LogP contribution in [0.15, 0.2) is 46.9 Å². The van der Waals surface area contributed by atoms with Gasteiger partial charge >= 0.3 is 0 Å². The van der Waals surface area contributed by atoms with Crippen molar-refractivity contribution in [3.8, 4) is 0 Å². The third-order valence-corrected chi connectivity index (χ3v) is 4.04. The van der Waals surface area contributed by atoms with Crippen LogP contribution in [-0.2, 0) is 11.3 Å². The van der Waals surface area contributed by atoms with E-state index in [4.69, 9.17) is 20.8 Å². The molecule has 5 heteroatoms. The number of fused-ring (bicyclic) bond motifs is 1. The fraction of sp³-hybridized carbons (Fsp3) is 0.211. The topological polar surface area (TPSA) is 51.5 Å². The Morgan fingerprint density at radius 3 is 2.83 bits per heavy atom. The van der Waals surface area contributed by atoms with Gasteiger partial charge in [-0.15, -0.1) is 0 Å². The summed E-state index contributed by atoms with van der Waals surface area (Å²) in [7, 11) is 0. The zero-order valence-electron chi connectivity index (χ0n) is 13.6. The number of carbonyl (C=O) groups is 1. The lowest BCUT2D eigenvalue weighted by molar-refractivity contribution is 0.0984. The Bertz CT molecular complexity index is 885. The lowest BCUT2D eigenvalue weighted by atomic mass is 10.1. The molecule has 1 amide bonds. The van der Waals surface area contributed by atoms with Crippen LogP contribution in [0.4, 0.5) is 5.69 Å². The molecule has 24 heavy (non-hydrogen) atoms. The molecule has 0 spiro atoms. The SMILES string of the molecule is CCOCc1c(C(=O)Nc2cc(Cl)ccc2C)oc2ccccc12. The molecule has 0 aliphatic carbocycles. The molecule has 4 nitrogen and oxygen atoms in total. The van der Waals surface area contributed by atoms with Crippen molar-refractivity contribution in [3.63, 3.8) is 0 Å². The summed E-state index contributed by atoms with van der Waals surface area (Å²) in [5.74, 6) is -0.0460. The lowest BCUT2D eigenvalue weighted by Gasteiger charge is -2.09. The zero-order chi connectivity index (χ0) is 17.1. The van der Waals surface area contributed by atoms with E-state index >= 15 is 0 Å². The second-order valence-electron chi connectivity index (χ2n) is 5.46. The van der Waals surface area contributed by atoms with Crippen LogP contribution in [0.1, 0.15) is 28.6 Å². The molecule has 0 radical (unpaired) electrons. The van der Waals surface area contributed by atoms with E-state index in [9.17, 15) is 4.79 Å². The Morgan fingerprint density at radius 1 is 1.25 bits per heavy atom. The van der Waals surface area contributed by atoms with Crippen LogP contribution < -0.4 is 5.32 Å². The number of halogens is 1. The first kappa shape index (κ1) is 16.6. The highest BCUT2D eigenvalue weighted by Crippen LogP contribution is 2.28. The number of ether oxygens (including phenoxy) is 1. The second-order valence-corrected chi connectivity index (χ2v) is 5.89. The summed E-state index contributed by atoms with van der Waals surface area (Å²) in [6.07, 6.45) is 0. The van der Waals surface area contributed by atoms with Gasteiger partial charge in [-0.25, -0.2) is 0 Å². The number of aryl methyl sites for hydroxylation is 1. The highest BCUT2D eigenvalue weighted by atomic mass is 35.5. The van der Waals surface area contributed by atoms with E-state index in [2.05, 4.69) is 5.32 Å². The first-order chi connectivity index (χ1) is 11.6. The number of nitrogens with one attached hydrogen (secondary N) is 1. The van der Waals surface area contributed by atoms with E-state index < -0.39 is 0 Å². The van der Waals surface area contributed by atoms with Crippen molar-refractivity contribution >= 4 is 34.2 Å². The van der Waals surface area contributed by atoms with Crippen molar-refractivity contribution in [1.82, 2.24) is 0 Å². The lowest BCUT2D eigenvalue weighted by Crippen LogP contribution is -2.14. The molecule has 0 fully saturated rings. The molecule has 3 rings (SSSR count). The minimum atomic E-state index is -0.314. The van der Waals surface area contributed by atoms with Gasteiger partial charge in [-0.05, 0) is 37.6 Å². The summed E-state index contributed by atoms with van der Waals surface area (Å²) in [6.45, 7) is 4.71. The van der Waals surface area contributed by atoms with Crippen LogP contribution in [-0.4, -0.2) is 12.5 Å². The molecule has 1 aromatic heterocycles. The van der Waals surface area contributed by atoms with Crippen LogP contribution in [0.2, 0.25) is 5.02 Å². The molecule has 0 atom stereocenters. The molecule has 0 saturated carbocycles. The highest BCUT2D eigenvalue weighted by molar-refractivity contribution is 6.31. The summed E-state index contributed by atoms with van der Waals surface area (Å²) in [6, 6.07) is 12.9. The maximum Gasteiger partial charge on any atom is 0.291 e. The molecular formula is C19H18ClNO3. The largest absolute Gasteiger partial charge is 0.451 e. The Kier molecular flexibility index (Phi) is 4.88. The Hall–Kier alpha value is -2.30. The maximum atomic E-state index is 12.7. The van der Waals surface area contributed by atoms with Crippen molar-refractivity contribution in [2.45, 2.75) is 20.5 Å². The molecule has 1 heterocycles. The quantitative estimate of drug-likeness (QED) is 0.694. The molecule has 0 aliphatic rings. The Balaban J connectivity index is 1.98. The predicted molar refractivity (Wildman–Crippen MR) is 95.7 cm³/mol. The van der Waals surface area contributed by atoms with Gasteiger partial charge in [0, 0.05) is 28.3 Å². The molecule has 0 aliphatic heterocycles. The summed E-state index contributed by atoms with van der Waals surface area (Å²) in [5, 5.41) is 4.33. The highest BCUT2D eigenvalue weighted by Gasteiger charge is 2.21. The first-order valence-corrected chi connectivity index (χ1v) is 8.13. The van der Waals surface area contributed by atoms with E-state index in [1.807, 2.05) is 44.2 Å². The van der Waals surface area contributed by atoms with E-state index in [1.54, 1.807) is 12.1 Å². The zero-order valence-corrected chi connectivity index (χ0v) is 14.3. The molecular weight excluding hydrogens is 326 g/mol. The van der Waals surface area contributed by atoms with Crippen LogP contribution in [0.25, 0.3) is 11.0 Å². The number of para-hydroxylation sites is 1. The van der Waals surface area contributed by atoms with Gasteiger partial charge in [0.1, 0.15) is 5.58 Å². The molecule has 124 valence electrons. The van der Waals surface area contributed by atoms with Gasteiger partial charge in [0.25, 0.3) is 5.91 Å². The predicted octanol–water partition coefficient (Wildman–Crippen LogP) is 5.18. The second kappa shape index (κ2) is 7.07. The number of carbonyl (C=O) groups excluding carboxylic acids is 1. The van der Waals surface area contributed by atoms with E-state index in [-0.39, 0.29) is 11.7 Å². The van der Waals surface area contributed by atoms with Gasteiger partial charge in [-0.2, -0.15) is 0 Å². The number of hydrogen-bond donors (Lipinski definition) is 1. The number of benzene rings is 2. The average molecular weight is 344 g/mol. The molecule has 2 aromatic carbocycles. The standard InChI is InChI=1S/C19H18ClNO3/c1-3-23-11-15-14-6-4-5-7-17(14)24-18(15)19(22)21-16-10-13(20)9-8-12(16)2/h4-10H,3,11H2,1-2H3,(H,21,22). The van der Waals surface area contributed by atoms with Gasteiger partial charge in [0.05, 0.1) is 6.61 Å².